The van der Waals surface area contributed by atoms with E-state index in [1.54, 1.807) is 0 Å². The number of primary amides is 1. The number of hydrogen-bond donors (Lipinski definition) is 2. The zero-order chi connectivity index (χ0) is 15.4. The SMILES string of the molecule is CCc1nc(SCc2ccc(C(N)=O)cc2[N+](=O)[O-])n[nH]1. The molecule has 8 nitrogen and oxygen atoms in total. The van der Waals surface area contributed by atoms with E-state index in [-0.39, 0.29) is 11.3 Å². The number of H-pyrrole nitrogens is 1. The van der Waals surface area contributed by atoms with E-state index in [1.807, 2.05) is 6.92 Å². The van der Waals surface area contributed by atoms with Crippen molar-refractivity contribution in [3.8, 4) is 0 Å². The second-order valence-electron chi connectivity index (χ2n) is 4.17. The summed E-state index contributed by atoms with van der Waals surface area (Å²) < 4.78 is 0. The van der Waals surface area contributed by atoms with Crippen LogP contribution in [0.4, 0.5) is 5.69 Å². The van der Waals surface area contributed by atoms with E-state index in [4.69, 9.17) is 5.73 Å². The van der Waals surface area contributed by atoms with Gasteiger partial charge in [-0.05, 0) is 6.07 Å². The van der Waals surface area contributed by atoms with Crippen LogP contribution in [0.2, 0.25) is 0 Å². The minimum Gasteiger partial charge on any atom is -0.366 e. The quantitative estimate of drug-likeness (QED) is 0.474. The maximum Gasteiger partial charge on any atom is 0.274 e. The van der Waals surface area contributed by atoms with Crippen molar-refractivity contribution in [3.63, 3.8) is 0 Å². The molecule has 0 spiro atoms. The van der Waals surface area contributed by atoms with Gasteiger partial charge in [-0.2, -0.15) is 0 Å². The molecule has 110 valence electrons. The van der Waals surface area contributed by atoms with Gasteiger partial charge < -0.3 is 5.73 Å². The topological polar surface area (TPSA) is 128 Å². The molecule has 2 rings (SSSR count). The van der Waals surface area contributed by atoms with Crippen molar-refractivity contribution < 1.29 is 9.72 Å². The summed E-state index contributed by atoms with van der Waals surface area (Å²) in [6.07, 6.45) is 0.737. The van der Waals surface area contributed by atoms with Crippen molar-refractivity contribution in [1.82, 2.24) is 15.2 Å². The van der Waals surface area contributed by atoms with Crippen LogP contribution in [0.15, 0.2) is 23.4 Å². The Morgan fingerprint density at radius 2 is 2.29 bits per heavy atom. The average molecular weight is 307 g/mol. The molecule has 0 aliphatic heterocycles. The molecule has 0 aliphatic rings. The lowest BCUT2D eigenvalue weighted by atomic mass is 10.1. The van der Waals surface area contributed by atoms with Crippen LogP contribution in [0.5, 0.6) is 0 Å². The summed E-state index contributed by atoms with van der Waals surface area (Å²) in [5.41, 5.74) is 5.59. The number of rotatable bonds is 6. The lowest BCUT2D eigenvalue weighted by Crippen LogP contribution is -2.11. The molecular formula is C12H13N5O3S. The number of nitro benzene ring substituents is 1. The van der Waals surface area contributed by atoms with E-state index < -0.39 is 10.8 Å². The van der Waals surface area contributed by atoms with Crippen molar-refractivity contribution in [2.75, 3.05) is 0 Å². The van der Waals surface area contributed by atoms with Gasteiger partial charge in [0.25, 0.3) is 5.69 Å². The fourth-order valence-electron chi connectivity index (χ4n) is 1.65. The molecule has 0 saturated heterocycles. The van der Waals surface area contributed by atoms with Crippen LogP contribution in [0.1, 0.15) is 28.7 Å². The van der Waals surface area contributed by atoms with E-state index in [1.165, 1.54) is 30.0 Å². The minimum absolute atomic E-state index is 0.113. The van der Waals surface area contributed by atoms with Gasteiger partial charge in [0.2, 0.25) is 11.1 Å². The van der Waals surface area contributed by atoms with Crippen molar-refractivity contribution in [2.45, 2.75) is 24.3 Å². The van der Waals surface area contributed by atoms with Crippen LogP contribution in [0.3, 0.4) is 0 Å². The molecule has 1 amide bonds. The maximum absolute atomic E-state index is 11.1. The number of aryl methyl sites for hydroxylation is 1. The highest BCUT2D eigenvalue weighted by atomic mass is 32.2. The number of amides is 1. The monoisotopic (exact) mass is 307 g/mol. The minimum atomic E-state index is -0.696. The summed E-state index contributed by atoms with van der Waals surface area (Å²) in [5, 5.41) is 18.4. The van der Waals surface area contributed by atoms with Crippen molar-refractivity contribution in [3.05, 3.63) is 45.3 Å². The van der Waals surface area contributed by atoms with Crippen LogP contribution in [0.25, 0.3) is 0 Å². The predicted molar refractivity (Wildman–Crippen MR) is 76.9 cm³/mol. The number of nitrogens with zero attached hydrogens (tertiary/aromatic N) is 3. The number of carbonyl (C=O) groups is 1. The lowest BCUT2D eigenvalue weighted by molar-refractivity contribution is -0.385. The number of thioether (sulfide) groups is 1. The molecule has 9 heteroatoms. The van der Waals surface area contributed by atoms with Gasteiger partial charge >= 0.3 is 0 Å². The first-order valence-corrected chi connectivity index (χ1v) is 7.11. The Balaban J connectivity index is 2.19. The Morgan fingerprint density at radius 3 is 2.86 bits per heavy atom. The number of benzene rings is 1. The summed E-state index contributed by atoms with van der Waals surface area (Å²) in [6, 6.07) is 4.19. The zero-order valence-corrected chi connectivity index (χ0v) is 12.0. The van der Waals surface area contributed by atoms with Crippen molar-refractivity contribution in [2.24, 2.45) is 5.73 Å². The average Bonchev–Trinajstić information content (AvgIpc) is 2.92. The number of nitro groups is 1. The fourth-order valence-corrected chi connectivity index (χ4v) is 2.47. The molecule has 0 fully saturated rings. The van der Waals surface area contributed by atoms with Crippen molar-refractivity contribution >= 4 is 23.4 Å². The van der Waals surface area contributed by atoms with Crippen LogP contribution in [-0.2, 0) is 12.2 Å². The summed E-state index contributed by atoms with van der Waals surface area (Å²) >= 11 is 1.28. The molecule has 0 aliphatic carbocycles. The molecule has 0 atom stereocenters. The highest BCUT2D eigenvalue weighted by molar-refractivity contribution is 7.98. The van der Waals surface area contributed by atoms with Gasteiger partial charge in [-0.15, -0.1) is 5.10 Å². The van der Waals surface area contributed by atoms with Gasteiger partial charge in [-0.25, -0.2) is 4.98 Å². The molecular weight excluding hydrogens is 294 g/mol. The third kappa shape index (κ3) is 3.57. The number of hydrogen-bond acceptors (Lipinski definition) is 6. The Kier molecular flexibility index (Phi) is 4.53. The van der Waals surface area contributed by atoms with Crippen LogP contribution in [-0.4, -0.2) is 26.0 Å². The number of nitrogens with one attached hydrogen (secondary N) is 1. The molecule has 1 heterocycles. The Morgan fingerprint density at radius 1 is 1.52 bits per heavy atom. The smallest absolute Gasteiger partial charge is 0.274 e. The van der Waals surface area contributed by atoms with Crippen LogP contribution >= 0.6 is 11.8 Å². The van der Waals surface area contributed by atoms with E-state index in [2.05, 4.69) is 15.2 Å². The molecule has 2 aromatic rings. The van der Waals surface area contributed by atoms with Gasteiger partial charge in [0, 0.05) is 29.4 Å². The van der Waals surface area contributed by atoms with Gasteiger partial charge in [-0.3, -0.25) is 20.0 Å². The van der Waals surface area contributed by atoms with Gasteiger partial charge in [0.1, 0.15) is 5.82 Å². The number of aromatic amines is 1. The first kappa shape index (κ1) is 15.0. The molecule has 0 saturated carbocycles. The number of nitrogens with two attached hydrogens (primary N) is 1. The second kappa shape index (κ2) is 6.35. The Labute approximate surface area is 124 Å². The highest BCUT2D eigenvalue weighted by Crippen LogP contribution is 2.27. The van der Waals surface area contributed by atoms with E-state index in [0.29, 0.717) is 16.5 Å². The van der Waals surface area contributed by atoms with Gasteiger partial charge in [-0.1, -0.05) is 24.8 Å². The van der Waals surface area contributed by atoms with Crippen LogP contribution in [0, 0.1) is 10.1 Å². The highest BCUT2D eigenvalue weighted by Gasteiger charge is 2.17. The molecule has 0 bridgehead atoms. The van der Waals surface area contributed by atoms with Gasteiger partial charge in [0.15, 0.2) is 0 Å². The molecule has 1 aromatic carbocycles. The van der Waals surface area contributed by atoms with Crippen molar-refractivity contribution in [1.29, 1.82) is 0 Å². The lowest BCUT2D eigenvalue weighted by Gasteiger charge is -2.03. The zero-order valence-electron chi connectivity index (χ0n) is 11.2. The summed E-state index contributed by atoms with van der Waals surface area (Å²) in [6.45, 7) is 1.95. The van der Waals surface area contributed by atoms with E-state index >= 15 is 0 Å². The molecule has 1 aromatic heterocycles. The Bertz CT molecular complexity index is 685. The molecule has 21 heavy (non-hydrogen) atoms. The Hall–Kier alpha value is -2.42. The third-order valence-corrected chi connectivity index (χ3v) is 3.67. The number of aromatic nitrogens is 3. The number of carbonyl (C=O) groups excluding carboxylic acids is 1. The molecule has 0 unspecified atom stereocenters. The predicted octanol–water partition coefficient (Wildman–Crippen LogP) is 1.67. The molecule has 0 radical (unpaired) electrons. The van der Waals surface area contributed by atoms with E-state index in [0.717, 1.165) is 12.2 Å². The van der Waals surface area contributed by atoms with Crippen LogP contribution < -0.4 is 5.73 Å². The molecule has 3 N–H and O–H groups in total. The largest absolute Gasteiger partial charge is 0.366 e. The van der Waals surface area contributed by atoms with E-state index in [9.17, 15) is 14.9 Å². The summed E-state index contributed by atoms with van der Waals surface area (Å²) in [4.78, 5) is 25.8. The normalized spacial score (nSPS) is 10.5. The maximum atomic E-state index is 11.1. The first-order chi connectivity index (χ1) is 10.0. The summed E-state index contributed by atoms with van der Waals surface area (Å²) in [7, 11) is 0. The second-order valence-corrected chi connectivity index (χ2v) is 5.11. The third-order valence-electron chi connectivity index (χ3n) is 2.77. The fraction of sp³-hybridized carbons (Fsp3) is 0.250. The summed E-state index contributed by atoms with van der Waals surface area (Å²) in [5.74, 6) is 0.394. The van der Waals surface area contributed by atoms with Gasteiger partial charge in [0.05, 0.1) is 4.92 Å². The standard InChI is InChI=1S/C12H13N5O3S/c1-2-10-14-12(16-15-10)21-6-8-4-3-7(11(13)18)5-9(8)17(19)20/h3-5H,2,6H2,1H3,(H2,13,18)(H,14,15,16). The first-order valence-electron chi connectivity index (χ1n) is 6.12.